The fourth-order valence-electron chi connectivity index (χ4n) is 1.90. The van der Waals surface area contributed by atoms with Crippen molar-refractivity contribution in [2.75, 3.05) is 24.3 Å². The number of carbonyl (C=O) groups is 1. The number of carbonyl (C=O) groups excluding carboxylic acids is 1. The summed E-state index contributed by atoms with van der Waals surface area (Å²) in [6.07, 6.45) is 0. The Morgan fingerprint density at radius 1 is 1.19 bits per heavy atom. The lowest BCUT2D eigenvalue weighted by molar-refractivity contribution is -0.114. The summed E-state index contributed by atoms with van der Waals surface area (Å²) in [7, 11) is 1.57. The maximum Gasteiger partial charge on any atom is 0.243 e. The molecular weight excluding hydrogens is 288 g/mol. The number of ether oxygens (including phenoxy) is 1. The second-order valence-electron chi connectivity index (χ2n) is 4.56. The van der Waals surface area contributed by atoms with Crippen LogP contribution in [0, 0.1) is 6.92 Å². The highest BCUT2D eigenvalue weighted by atomic mass is 35.5. The molecule has 0 aliphatic rings. The Balaban J connectivity index is 1.97. The van der Waals surface area contributed by atoms with E-state index in [0.717, 1.165) is 11.3 Å². The number of anilines is 2. The van der Waals surface area contributed by atoms with E-state index in [1.807, 2.05) is 31.2 Å². The van der Waals surface area contributed by atoms with Gasteiger partial charge in [-0.1, -0.05) is 29.8 Å². The molecule has 0 aromatic heterocycles. The van der Waals surface area contributed by atoms with Gasteiger partial charge in [0.05, 0.1) is 19.3 Å². The van der Waals surface area contributed by atoms with Gasteiger partial charge < -0.3 is 15.4 Å². The van der Waals surface area contributed by atoms with Crippen LogP contribution in [-0.2, 0) is 4.79 Å². The van der Waals surface area contributed by atoms with E-state index >= 15 is 0 Å². The van der Waals surface area contributed by atoms with Gasteiger partial charge in [0.15, 0.2) is 0 Å². The zero-order valence-corrected chi connectivity index (χ0v) is 12.7. The van der Waals surface area contributed by atoms with Crippen molar-refractivity contribution in [1.82, 2.24) is 0 Å². The average molecular weight is 305 g/mol. The first-order valence-electron chi connectivity index (χ1n) is 6.53. The van der Waals surface area contributed by atoms with Gasteiger partial charge in [-0.3, -0.25) is 4.79 Å². The summed E-state index contributed by atoms with van der Waals surface area (Å²) in [5.74, 6) is 0.476. The van der Waals surface area contributed by atoms with E-state index in [4.69, 9.17) is 16.3 Å². The molecule has 21 heavy (non-hydrogen) atoms. The first-order chi connectivity index (χ1) is 10.1. The topological polar surface area (TPSA) is 50.4 Å². The van der Waals surface area contributed by atoms with Crippen LogP contribution in [0.4, 0.5) is 11.4 Å². The fraction of sp³-hybridized carbons (Fsp3) is 0.188. The Hall–Kier alpha value is -2.20. The van der Waals surface area contributed by atoms with Crippen LogP contribution in [-0.4, -0.2) is 19.6 Å². The van der Waals surface area contributed by atoms with Gasteiger partial charge in [-0.05, 0) is 36.8 Å². The molecule has 0 atom stereocenters. The summed E-state index contributed by atoms with van der Waals surface area (Å²) < 4.78 is 5.19. The minimum Gasteiger partial charge on any atom is -0.495 e. The first kappa shape index (κ1) is 15.2. The van der Waals surface area contributed by atoms with Gasteiger partial charge in [-0.15, -0.1) is 0 Å². The van der Waals surface area contributed by atoms with Crippen LogP contribution in [0.3, 0.4) is 0 Å². The molecule has 110 valence electrons. The number of methoxy groups -OCH3 is 1. The van der Waals surface area contributed by atoms with Crippen molar-refractivity contribution in [2.24, 2.45) is 0 Å². The summed E-state index contributed by atoms with van der Waals surface area (Å²) in [6, 6.07) is 12.8. The third-order valence-corrected chi connectivity index (χ3v) is 3.26. The third kappa shape index (κ3) is 4.13. The normalized spacial score (nSPS) is 10.0. The number of rotatable bonds is 5. The number of hydrogen-bond donors (Lipinski definition) is 2. The van der Waals surface area contributed by atoms with Crippen LogP contribution in [0.1, 0.15) is 5.56 Å². The number of benzene rings is 2. The molecular formula is C16H17ClN2O2. The number of nitrogens with one attached hydrogen (secondary N) is 2. The predicted octanol–water partition coefficient (Wildman–Crippen LogP) is 3.71. The molecule has 1 amide bonds. The molecule has 4 nitrogen and oxygen atoms in total. The smallest absolute Gasteiger partial charge is 0.243 e. The zero-order chi connectivity index (χ0) is 15.2. The van der Waals surface area contributed by atoms with Crippen LogP contribution >= 0.6 is 11.6 Å². The maximum atomic E-state index is 12.0. The van der Waals surface area contributed by atoms with Crippen molar-refractivity contribution < 1.29 is 9.53 Å². The molecule has 2 rings (SSSR count). The highest BCUT2D eigenvalue weighted by Gasteiger charge is 2.07. The van der Waals surface area contributed by atoms with Crippen LogP contribution in [0.2, 0.25) is 5.02 Å². The zero-order valence-electron chi connectivity index (χ0n) is 11.9. The molecule has 0 radical (unpaired) electrons. The summed E-state index contributed by atoms with van der Waals surface area (Å²) in [6.45, 7) is 2.11. The van der Waals surface area contributed by atoms with Crippen LogP contribution in [0.5, 0.6) is 5.75 Å². The number of halogens is 1. The molecule has 0 fully saturated rings. The second kappa shape index (κ2) is 6.99. The minimum atomic E-state index is -0.154. The molecule has 0 saturated carbocycles. The van der Waals surface area contributed by atoms with E-state index in [2.05, 4.69) is 10.6 Å². The molecule has 2 aromatic carbocycles. The Morgan fingerprint density at radius 3 is 2.71 bits per heavy atom. The molecule has 0 saturated heterocycles. The largest absolute Gasteiger partial charge is 0.495 e. The highest BCUT2D eigenvalue weighted by Crippen LogP contribution is 2.23. The molecule has 2 aromatic rings. The van der Waals surface area contributed by atoms with Crippen molar-refractivity contribution in [2.45, 2.75) is 6.92 Å². The number of para-hydroxylation sites is 2. The lowest BCUT2D eigenvalue weighted by Gasteiger charge is -2.12. The van der Waals surface area contributed by atoms with Crippen molar-refractivity contribution in [3.05, 3.63) is 53.1 Å². The quantitative estimate of drug-likeness (QED) is 0.885. The summed E-state index contributed by atoms with van der Waals surface area (Å²) in [5.41, 5.74) is 2.52. The molecule has 0 aliphatic carbocycles. The van der Waals surface area contributed by atoms with Gasteiger partial charge in [0.2, 0.25) is 5.91 Å². The van der Waals surface area contributed by atoms with Gasteiger partial charge in [-0.2, -0.15) is 0 Å². The van der Waals surface area contributed by atoms with E-state index in [-0.39, 0.29) is 12.5 Å². The van der Waals surface area contributed by atoms with E-state index in [9.17, 15) is 4.79 Å². The van der Waals surface area contributed by atoms with Gasteiger partial charge in [0, 0.05) is 10.7 Å². The predicted molar refractivity (Wildman–Crippen MR) is 86.3 cm³/mol. The highest BCUT2D eigenvalue weighted by molar-refractivity contribution is 6.30. The maximum absolute atomic E-state index is 12.0. The summed E-state index contributed by atoms with van der Waals surface area (Å²) in [4.78, 5) is 12.0. The number of hydrogen-bond acceptors (Lipinski definition) is 3. The molecule has 5 heteroatoms. The SMILES string of the molecule is COc1ccccc1NC(=O)CNc1cc(Cl)ccc1C. The minimum absolute atomic E-state index is 0.152. The van der Waals surface area contributed by atoms with Crippen molar-refractivity contribution >= 4 is 28.9 Å². The molecule has 0 bridgehead atoms. The number of amides is 1. The third-order valence-electron chi connectivity index (χ3n) is 3.02. The summed E-state index contributed by atoms with van der Waals surface area (Å²) >= 11 is 5.94. The van der Waals surface area contributed by atoms with Crippen molar-refractivity contribution in [3.63, 3.8) is 0 Å². The Labute approximate surface area is 129 Å². The van der Waals surface area contributed by atoms with Gasteiger partial charge in [-0.25, -0.2) is 0 Å². The first-order valence-corrected chi connectivity index (χ1v) is 6.91. The Bertz CT molecular complexity index is 644. The van der Waals surface area contributed by atoms with E-state index < -0.39 is 0 Å². The van der Waals surface area contributed by atoms with Gasteiger partial charge in [0.25, 0.3) is 0 Å². The van der Waals surface area contributed by atoms with E-state index in [1.54, 1.807) is 25.3 Å². The molecule has 0 unspecified atom stereocenters. The van der Waals surface area contributed by atoms with Crippen LogP contribution in [0.25, 0.3) is 0 Å². The lowest BCUT2D eigenvalue weighted by atomic mass is 10.2. The number of aryl methyl sites for hydroxylation is 1. The summed E-state index contributed by atoms with van der Waals surface area (Å²) in [5, 5.41) is 6.51. The van der Waals surface area contributed by atoms with Crippen molar-refractivity contribution in [3.8, 4) is 5.75 Å². The van der Waals surface area contributed by atoms with Gasteiger partial charge in [0.1, 0.15) is 5.75 Å². The molecule has 0 heterocycles. The second-order valence-corrected chi connectivity index (χ2v) is 5.00. The Morgan fingerprint density at radius 2 is 1.95 bits per heavy atom. The average Bonchev–Trinajstić information content (AvgIpc) is 2.49. The van der Waals surface area contributed by atoms with Gasteiger partial charge >= 0.3 is 0 Å². The fourth-order valence-corrected chi connectivity index (χ4v) is 2.07. The molecule has 0 aliphatic heterocycles. The molecule has 0 spiro atoms. The standard InChI is InChI=1S/C16H17ClN2O2/c1-11-7-8-12(17)9-14(11)18-10-16(20)19-13-5-3-4-6-15(13)21-2/h3-9,18H,10H2,1-2H3,(H,19,20). The Kier molecular flexibility index (Phi) is 5.06. The van der Waals surface area contributed by atoms with E-state index in [0.29, 0.717) is 16.5 Å². The lowest BCUT2D eigenvalue weighted by Crippen LogP contribution is -2.22. The van der Waals surface area contributed by atoms with Crippen LogP contribution < -0.4 is 15.4 Å². The molecule has 2 N–H and O–H groups in total. The monoisotopic (exact) mass is 304 g/mol. The van der Waals surface area contributed by atoms with E-state index in [1.165, 1.54) is 0 Å². The van der Waals surface area contributed by atoms with Crippen LogP contribution in [0.15, 0.2) is 42.5 Å². The van der Waals surface area contributed by atoms with Crippen molar-refractivity contribution in [1.29, 1.82) is 0 Å².